The van der Waals surface area contributed by atoms with Crippen molar-refractivity contribution in [3.63, 3.8) is 0 Å². The molecule has 0 radical (unpaired) electrons. The SMILES string of the molecule is CCCC(C)(C)NC1CCS(=O)(=O)CC1. The van der Waals surface area contributed by atoms with Crippen molar-refractivity contribution in [2.75, 3.05) is 11.5 Å². The largest absolute Gasteiger partial charge is 0.309 e. The van der Waals surface area contributed by atoms with E-state index in [2.05, 4.69) is 26.1 Å². The maximum absolute atomic E-state index is 11.3. The third-order valence-corrected chi connectivity index (χ3v) is 4.74. The van der Waals surface area contributed by atoms with Crippen molar-refractivity contribution < 1.29 is 8.42 Å². The Morgan fingerprint density at radius 3 is 2.27 bits per heavy atom. The van der Waals surface area contributed by atoms with Crippen molar-refractivity contribution >= 4 is 9.84 Å². The summed E-state index contributed by atoms with van der Waals surface area (Å²) in [6.07, 6.45) is 3.84. The molecule has 1 saturated heterocycles. The van der Waals surface area contributed by atoms with Gasteiger partial charge in [0.1, 0.15) is 9.84 Å². The minimum atomic E-state index is -2.72. The van der Waals surface area contributed by atoms with E-state index in [4.69, 9.17) is 0 Å². The topological polar surface area (TPSA) is 46.2 Å². The van der Waals surface area contributed by atoms with Crippen LogP contribution in [0.25, 0.3) is 0 Å². The first kappa shape index (κ1) is 13.0. The second kappa shape index (κ2) is 4.83. The van der Waals surface area contributed by atoms with E-state index in [0.29, 0.717) is 17.5 Å². The summed E-state index contributed by atoms with van der Waals surface area (Å²) in [6.45, 7) is 6.56. The van der Waals surface area contributed by atoms with Crippen LogP contribution in [0.4, 0.5) is 0 Å². The Labute approximate surface area is 93.6 Å². The van der Waals surface area contributed by atoms with Gasteiger partial charge in [0.2, 0.25) is 0 Å². The molecule has 1 N–H and O–H groups in total. The lowest BCUT2D eigenvalue weighted by Crippen LogP contribution is -2.48. The third-order valence-electron chi connectivity index (χ3n) is 3.02. The summed E-state index contributed by atoms with van der Waals surface area (Å²) in [7, 11) is -2.72. The normalized spacial score (nSPS) is 22.9. The maximum atomic E-state index is 11.3. The van der Waals surface area contributed by atoms with Crippen LogP contribution in [0.2, 0.25) is 0 Å². The van der Waals surface area contributed by atoms with Gasteiger partial charge in [0.15, 0.2) is 0 Å². The molecular formula is C11H23NO2S. The Bertz CT molecular complexity index is 282. The van der Waals surface area contributed by atoms with Crippen molar-refractivity contribution in [3.8, 4) is 0 Å². The highest BCUT2D eigenvalue weighted by Gasteiger charge is 2.27. The first-order valence-corrected chi connectivity index (χ1v) is 7.65. The number of nitrogens with one attached hydrogen (secondary N) is 1. The van der Waals surface area contributed by atoms with E-state index < -0.39 is 9.84 Å². The van der Waals surface area contributed by atoms with Gasteiger partial charge in [-0.3, -0.25) is 0 Å². The molecule has 1 fully saturated rings. The monoisotopic (exact) mass is 233 g/mol. The molecule has 0 amide bonds. The fourth-order valence-electron chi connectivity index (χ4n) is 2.28. The van der Waals surface area contributed by atoms with Crippen LogP contribution in [0.5, 0.6) is 0 Å². The summed E-state index contributed by atoms with van der Waals surface area (Å²) < 4.78 is 22.5. The van der Waals surface area contributed by atoms with Gasteiger partial charge >= 0.3 is 0 Å². The van der Waals surface area contributed by atoms with Crippen LogP contribution in [0, 0.1) is 0 Å². The van der Waals surface area contributed by atoms with Gasteiger partial charge in [0.05, 0.1) is 11.5 Å². The molecule has 0 bridgehead atoms. The minimum Gasteiger partial charge on any atom is -0.309 e. The number of hydrogen-bond acceptors (Lipinski definition) is 3. The summed E-state index contributed by atoms with van der Waals surface area (Å²) in [5.41, 5.74) is 0.139. The van der Waals surface area contributed by atoms with Gasteiger partial charge in [-0.05, 0) is 33.1 Å². The van der Waals surface area contributed by atoms with Gasteiger partial charge in [-0.2, -0.15) is 0 Å². The standard InChI is InChI=1S/C11H23NO2S/c1-4-7-11(2,3)12-10-5-8-15(13,14)9-6-10/h10,12H,4-9H2,1-3H3. The second-order valence-corrected chi connectivity index (χ2v) is 7.51. The lowest BCUT2D eigenvalue weighted by molar-refractivity contribution is 0.298. The van der Waals surface area contributed by atoms with Gasteiger partial charge in [0.25, 0.3) is 0 Å². The molecule has 3 nitrogen and oxygen atoms in total. The molecule has 0 aliphatic carbocycles. The predicted octanol–water partition coefficient (Wildman–Crippen LogP) is 1.73. The summed E-state index contributed by atoms with van der Waals surface area (Å²) >= 11 is 0. The average Bonchev–Trinajstić information content (AvgIpc) is 2.08. The zero-order chi connectivity index (χ0) is 11.5. The number of sulfone groups is 1. The third kappa shape index (κ3) is 4.51. The van der Waals surface area contributed by atoms with Crippen LogP contribution < -0.4 is 5.32 Å². The molecule has 15 heavy (non-hydrogen) atoms. The highest BCUT2D eigenvalue weighted by molar-refractivity contribution is 7.91. The molecule has 0 aromatic heterocycles. The van der Waals surface area contributed by atoms with E-state index >= 15 is 0 Å². The van der Waals surface area contributed by atoms with E-state index in [9.17, 15) is 8.42 Å². The van der Waals surface area contributed by atoms with E-state index in [-0.39, 0.29) is 5.54 Å². The van der Waals surface area contributed by atoms with Crippen LogP contribution in [-0.2, 0) is 9.84 Å². The molecule has 0 saturated carbocycles. The van der Waals surface area contributed by atoms with Gasteiger partial charge in [0, 0.05) is 11.6 Å². The predicted molar refractivity (Wildman–Crippen MR) is 63.8 cm³/mol. The lowest BCUT2D eigenvalue weighted by atomic mass is 9.96. The summed E-state index contributed by atoms with van der Waals surface area (Å²) in [4.78, 5) is 0. The Balaban J connectivity index is 2.42. The van der Waals surface area contributed by atoms with E-state index in [0.717, 1.165) is 25.7 Å². The highest BCUT2D eigenvalue weighted by Crippen LogP contribution is 2.18. The van der Waals surface area contributed by atoms with Crippen LogP contribution in [0.15, 0.2) is 0 Å². The van der Waals surface area contributed by atoms with Crippen LogP contribution in [-0.4, -0.2) is 31.5 Å². The summed E-state index contributed by atoms with van der Waals surface area (Å²) in [5.74, 6) is 0.708. The Kier molecular flexibility index (Phi) is 4.18. The minimum absolute atomic E-state index is 0.139. The summed E-state index contributed by atoms with van der Waals surface area (Å²) in [5, 5.41) is 3.57. The Morgan fingerprint density at radius 1 is 1.27 bits per heavy atom. The quantitative estimate of drug-likeness (QED) is 0.804. The Hall–Kier alpha value is -0.0900. The molecule has 0 spiro atoms. The average molecular weight is 233 g/mol. The van der Waals surface area contributed by atoms with Crippen LogP contribution in [0.1, 0.15) is 46.5 Å². The summed E-state index contributed by atoms with van der Waals surface area (Å²) in [6, 6.07) is 0.384. The fraction of sp³-hybridized carbons (Fsp3) is 1.00. The lowest BCUT2D eigenvalue weighted by Gasteiger charge is -2.33. The van der Waals surface area contributed by atoms with Crippen LogP contribution >= 0.6 is 0 Å². The smallest absolute Gasteiger partial charge is 0.150 e. The Morgan fingerprint density at radius 2 is 1.80 bits per heavy atom. The molecule has 1 aliphatic heterocycles. The molecule has 0 aromatic rings. The molecule has 0 unspecified atom stereocenters. The second-order valence-electron chi connectivity index (χ2n) is 5.20. The molecule has 0 atom stereocenters. The number of rotatable bonds is 4. The highest BCUT2D eigenvalue weighted by atomic mass is 32.2. The first-order chi connectivity index (χ1) is 6.85. The first-order valence-electron chi connectivity index (χ1n) is 5.83. The molecule has 1 aliphatic rings. The molecule has 1 heterocycles. The van der Waals surface area contributed by atoms with E-state index in [1.54, 1.807) is 0 Å². The van der Waals surface area contributed by atoms with Gasteiger partial charge < -0.3 is 5.32 Å². The molecule has 90 valence electrons. The number of hydrogen-bond donors (Lipinski definition) is 1. The zero-order valence-corrected chi connectivity index (χ0v) is 10.9. The molecule has 0 aromatic carbocycles. The van der Waals surface area contributed by atoms with Gasteiger partial charge in [-0.1, -0.05) is 13.3 Å². The zero-order valence-electron chi connectivity index (χ0n) is 10.0. The molecule has 4 heteroatoms. The van der Waals surface area contributed by atoms with Crippen molar-refractivity contribution in [2.24, 2.45) is 0 Å². The van der Waals surface area contributed by atoms with Gasteiger partial charge in [-0.15, -0.1) is 0 Å². The van der Waals surface area contributed by atoms with Gasteiger partial charge in [-0.25, -0.2) is 8.42 Å². The van der Waals surface area contributed by atoms with Crippen molar-refractivity contribution in [1.29, 1.82) is 0 Å². The maximum Gasteiger partial charge on any atom is 0.150 e. The molecular weight excluding hydrogens is 210 g/mol. The molecule has 1 rings (SSSR count). The van der Waals surface area contributed by atoms with Crippen molar-refractivity contribution in [2.45, 2.75) is 58.0 Å². The van der Waals surface area contributed by atoms with Crippen molar-refractivity contribution in [1.82, 2.24) is 5.32 Å². The van der Waals surface area contributed by atoms with Crippen molar-refractivity contribution in [3.05, 3.63) is 0 Å². The van der Waals surface area contributed by atoms with E-state index in [1.807, 2.05) is 0 Å². The van der Waals surface area contributed by atoms with E-state index in [1.165, 1.54) is 0 Å². The van der Waals surface area contributed by atoms with Crippen LogP contribution in [0.3, 0.4) is 0 Å². The fourth-order valence-corrected chi connectivity index (χ4v) is 3.78.